The van der Waals surface area contributed by atoms with Crippen LogP contribution in [0.5, 0.6) is 5.75 Å². The summed E-state index contributed by atoms with van der Waals surface area (Å²) in [5, 5.41) is 19.6. The van der Waals surface area contributed by atoms with Crippen LogP contribution < -0.4 is 0 Å². The number of benzene rings is 7. The fraction of sp³-hybridized carbons (Fsp3) is 0.371. The van der Waals surface area contributed by atoms with E-state index in [4.69, 9.17) is 14.4 Å². The Morgan fingerprint density at radius 1 is 0.671 bits per heavy atom. The molecule has 1 aliphatic rings. The van der Waals surface area contributed by atoms with Gasteiger partial charge in [-0.05, 0) is 133 Å². The number of phenolic OH excluding ortho intramolecular Hbond substituents is 1. The van der Waals surface area contributed by atoms with Crippen molar-refractivity contribution < 1.29 is 30.6 Å². The van der Waals surface area contributed by atoms with Crippen molar-refractivity contribution in [3.8, 4) is 45.2 Å². The molecule has 5 nitrogen and oxygen atoms in total. The minimum absolute atomic E-state index is 0. The molecule has 0 atom stereocenters. The monoisotopic (exact) mass is 1190 g/mol. The van der Waals surface area contributed by atoms with Crippen LogP contribution in [0.25, 0.3) is 94.0 Å². The number of rotatable bonds is 7. The first-order chi connectivity index (χ1) is 35.4. The Labute approximate surface area is 465 Å². The second kappa shape index (κ2) is 19.2. The van der Waals surface area contributed by atoms with Crippen molar-refractivity contribution in [3.05, 3.63) is 155 Å². The van der Waals surface area contributed by atoms with E-state index in [1.54, 1.807) is 0 Å². The summed E-state index contributed by atoms with van der Waals surface area (Å²) < 4.78 is 9.47. The smallest absolute Gasteiger partial charge is 0.148 e. The Hall–Kier alpha value is -6.03. The molecular formula is C70H76N3O2Pt-. The molecule has 1 aliphatic carbocycles. The van der Waals surface area contributed by atoms with E-state index in [0.29, 0.717) is 11.3 Å². The van der Waals surface area contributed by atoms with E-state index in [1.165, 1.54) is 35.1 Å². The molecule has 394 valence electrons. The van der Waals surface area contributed by atoms with Crippen molar-refractivity contribution in [3.63, 3.8) is 0 Å². The molecule has 76 heavy (non-hydrogen) atoms. The van der Waals surface area contributed by atoms with Crippen molar-refractivity contribution in [1.82, 2.24) is 14.5 Å². The number of hydrogen-bond acceptors (Lipinski definition) is 4. The summed E-state index contributed by atoms with van der Waals surface area (Å²) in [6.45, 7) is 34.4. The van der Waals surface area contributed by atoms with Crippen LogP contribution in [0.3, 0.4) is 0 Å². The molecule has 1 N–H and O–H groups in total. The summed E-state index contributed by atoms with van der Waals surface area (Å²) >= 11 is 0. The van der Waals surface area contributed by atoms with E-state index in [-0.39, 0.29) is 54.9 Å². The Balaban J connectivity index is 0.00000657. The molecule has 0 unspecified atom stereocenters. The molecule has 3 heterocycles. The van der Waals surface area contributed by atoms with Crippen LogP contribution in [0.4, 0.5) is 0 Å². The number of imidazole rings is 1. The molecule has 10 aromatic rings. The van der Waals surface area contributed by atoms with E-state index in [1.807, 2.05) is 6.20 Å². The van der Waals surface area contributed by atoms with Crippen LogP contribution in [-0.4, -0.2) is 19.6 Å². The summed E-state index contributed by atoms with van der Waals surface area (Å²) in [6, 6.07) is 44.1. The molecular weight excluding hydrogens is 1110 g/mol. The number of fused-ring (bicyclic) bond motifs is 8. The second-order valence-electron chi connectivity index (χ2n) is 26.6. The largest absolute Gasteiger partial charge is 0.507 e. The van der Waals surface area contributed by atoms with Crippen molar-refractivity contribution in [2.24, 2.45) is 5.41 Å². The van der Waals surface area contributed by atoms with Crippen LogP contribution in [0.15, 0.2) is 120 Å². The van der Waals surface area contributed by atoms with Gasteiger partial charge in [-0.25, -0.2) is 4.98 Å². The number of phenols is 1. The van der Waals surface area contributed by atoms with Crippen molar-refractivity contribution >= 4 is 54.5 Å². The number of aromatic hydroxyl groups is 1. The van der Waals surface area contributed by atoms with Crippen LogP contribution in [0.2, 0.25) is 0 Å². The zero-order chi connectivity index (χ0) is 53.3. The summed E-state index contributed by atoms with van der Waals surface area (Å²) in [7, 11) is 0. The third-order valence-corrected chi connectivity index (χ3v) is 16.7. The quantitative estimate of drug-likeness (QED) is 0.162. The minimum atomic E-state index is -0.355. The van der Waals surface area contributed by atoms with Gasteiger partial charge in [0, 0.05) is 49.3 Å². The van der Waals surface area contributed by atoms with Gasteiger partial charge in [0.2, 0.25) is 0 Å². The SMILES string of the molecule is CC(C)c1cc(C(C)(C)C)cc(C(C)C)c1-n1c(-c2cc(C(C)(C)C)cc(C(C)(C)C)c2O)nc2c(-c3[c-]c(-c4cc(C5CCC(C)(C)CC5)ccn4)c4oc5ccc6ccccc6c5c4c3)cc3ccccc3c21.[Pt]. The molecule has 0 amide bonds. The number of furan rings is 1. The van der Waals surface area contributed by atoms with E-state index < -0.39 is 0 Å². The normalized spacial score (nSPS) is 14.8. The fourth-order valence-electron chi connectivity index (χ4n) is 12.1. The summed E-state index contributed by atoms with van der Waals surface area (Å²) in [5.74, 6) is 1.79. The van der Waals surface area contributed by atoms with Gasteiger partial charge in [-0.2, -0.15) is 0 Å². The standard InChI is InChI=1S/C70H76N3O2.Pt/c1-40(2)51-36-47(67(5,6)7)37-52(41(3)4)62(51)73-63-50-23-19-17-21-45(50)32-53(61(63)72-66(73)56-38-48(68(8,9)10)39-57(64(56)74)69(11,12)13)46-33-54(58-35-44(28-31-71-58)42-26-29-70(14,15)30-27-42)65-55(34-46)60-49-22-18-16-20-43(49)24-25-59(60)75-65;/h16-25,28,31-32,34-42,74H,26-27,29-30H2,1-15H3;/q-1;. The number of aromatic nitrogens is 3. The predicted molar refractivity (Wildman–Crippen MR) is 317 cm³/mol. The van der Waals surface area contributed by atoms with Crippen molar-refractivity contribution in [1.29, 1.82) is 0 Å². The third-order valence-electron chi connectivity index (χ3n) is 16.7. The molecule has 1 saturated carbocycles. The first-order valence-electron chi connectivity index (χ1n) is 27.7. The predicted octanol–water partition coefficient (Wildman–Crippen LogP) is 20.0. The van der Waals surface area contributed by atoms with Crippen molar-refractivity contribution in [2.45, 2.75) is 164 Å². The first-order valence-corrected chi connectivity index (χ1v) is 27.7. The molecule has 0 aliphatic heterocycles. The number of pyridine rings is 1. The summed E-state index contributed by atoms with van der Waals surface area (Å²) in [6.07, 6.45) is 6.72. The van der Waals surface area contributed by atoms with Gasteiger partial charge in [-0.1, -0.05) is 200 Å². The van der Waals surface area contributed by atoms with E-state index in [9.17, 15) is 5.11 Å². The minimum Gasteiger partial charge on any atom is -0.507 e. The molecule has 1 fully saturated rings. The Kier molecular flexibility index (Phi) is 13.5. The molecule has 0 radical (unpaired) electrons. The van der Waals surface area contributed by atoms with Crippen LogP contribution in [0, 0.1) is 11.5 Å². The van der Waals surface area contributed by atoms with Crippen LogP contribution >= 0.6 is 0 Å². The average Bonchev–Trinajstić information content (AvgIpc) is 3.94. The zero-order valence-corrected chi connectivity index (χ0v) is 49.8. The third kappa shape index (κ3) is 9.31. The van der Waals surface area contributed by atoms with Crippen LogP contribution in [0.1, 0.15) is 181 Å². The van der Waals surface area contributed by atoms with Crippen molar-refractivity contribution in [2.75, 3.05) is 0 Å². The Morgan fingerprint density at radius 2 is 1.29 bits per heavy atom. The van der Waals surface area contributed by atoms with Gasteiger partial charge in [0.15, 0.2) is 0 Å². The molecule has 11 rings (SSSR count). The molecule has 0 saturated heterocycles. The van der Waals surface area contributed by atoms with Gasteiger partial charge < -0.3 is 9.52 Å². The zero-order valence-electron chi connectivity index (χ0n) is 47.5. The van der Waals surface area contributed by atoms with E-state index in [0.717, 1.165) is 118 Å². The fourth-order valence-corrected chi connectivity index (χ4v) is 12.1. The molecule has 6 heteroatoms. The molecule has 0 spiro atoms. The summed E-state index contributed by atoms with van der Waals surface area (Å²) in [5.41, 5.74) is 15.8. The van der Waals surface area contributed by atoms with Gasteiger partial charge in [0.25, 0.3) is 0 Å². The van der Waals surface area contributed by atoms with Gasteiger partial charge in [0.05, 0.1) is 27.9 Å². The van der Waals surface area contributed by atoms with Gasteiger partial charge in [-0.3, -0.25) is 9.55 Å². The van der Waals surface area contributed by atoms with Gasteiger partial charge in [-0.15, -0.1) is 17.7 Å². The molecule has 7 aromatic carbocycles. The number of nitrogens with zero attached hydrogens (tertiary/aromatic N) is 3. The van der Waals surface area contributed by atoms with Gasteiger partial charge >= 0.3 is 0 Å². The maximum Gasteiger partial charge on any atom is 0.148 e. The molecule has 0 bridgehead atoms. The Bertz CT molecular complexity index is 3860. The van der Waals surface area contributed by atoms with E-state index >= 15 is 0 Å². The first kappa shape index (κ1) is 53.4. The van der Waals surface area contributed by atoms with Gasteiger partial charge in [0.1, 0.15) is 17.2 Å². The topological polar surface area (TPSA) is 64.1 Å². The van der Waals surface area contributed by atoms with Crippen LogP contribution in [-0.2, 0) is 37.3 Å². The molecule has 3 aromatic heterocycles. The summed E-state index contributed by atoms with van der Waals surface area (Å²) in [4.78, 5) is 11.1. The van der Waals surface area contributed by atoms with E-state index in [2.05, 4.69) is 224 Å². The maximum absolute atomic E-state index is 13.0. The number of hydrogen-bond donors (Lipinski definition) is 1. The average molecular weight is 1190 g/mol. The maximum atomic E-state index is 13.0. The Morgan fingerprint density at radius 3 is 1.92 bits per heavy atom. The second-order valence-corrected chi connectivity index (χ2v) is 26.6.